The van der Waals surface area contributed by atoms with E-state index in [4.69, 9.17) is 4.74 Å². The lowest BCUT2D eigenvalue weighted by atomic mass is 10.1. The lowest BCUT2D eigenvalue weighted by Crippen LogP contribution is -2.38. The molecule has 0 saturated carbocycles. The lowest BCUT2D eigenvalue weighted by molar-refractivity contribution is -0.152. The summed E-state index contributed by atoms with van der Waals surface area (Å²) < 4.78 is 5.64. The van der Waals surface area contributed by atoms with E-state index >= 15 is 0 Å². The molecule has 0 unspecified atom stereocenters. The molecule has 1 N–H and O–H groups in total. The van der Waals surface area contributed by atoms with Gasteiger partial charge in [0.25, 0.3) is 0 Å². The van der Waals surface area contributed by atoms with Crippen molar-refractivity contribution in [2.45, 2.75) is 69.6 Å². The Morgan fingerprint density at radius 3 is 2.70 bits per heavy atom. The van der Waals surface area contributed by atoms with Crippen molar-refractivity contribution in [3.63, 3.8) is 0 Å². The maximum Gasteiger partial charge on any atom is 0.347 e. The zero-order chi connectivity index (χ0) is 19.9. The van der Waals surface area contributed by atoms with Crippen LogP contribution in [0.15, 0.2) is 35.4 Å². The first-order valence-corrected chi connectivity index (χ1v) is 10.3. The molecule has 0 bridgehead atoms. The normalized spacial score (nSPS) is 11.4. The van der Waals surface area contributed by atoms with E-state index in [1.807, 2.05) is 37.4 Å². The van der Waals surface area contributed by atoms with Crippen LogP contribution in [-0.4, -0.2) is 26.6 Å². The van der Waals surface area contributed by atoms with Gasteiger partial charge in [-0.05, 0) is 57.0 Å². The molecule has 2 aromatic rings. The van der Waals surface area contributed by atoms with Gasteiger partial charge in [0.05, 0.1) is 5.69 Å². The second-order valence-electron chi connectivity index (χ2n) is 7.05. The molecule has 0 atom stereocenters. The number of benzene rings is 1. The number of nitrogens with zero attached hydrogens (tertiary/aromatic N) is 2. The minimum absolute atomic E-state index is 0.590. The average molecular weight is 389 g/mol. The van der Waals surface area contributed by atoms with Crippen molar-refractivity contribution in [2.75, 3.05) is 0 Å². The largest absolute Gasteiger partial charge is 0.478 e. The summed E-state index contributed by atoms with van der Waals surface area (Å²) in [6.07, 6.45) is 6.28. The number of hydrogen-bond donors (Lipinski definition) is 1. The summed E-state index contributed by atoms with van der Waals surface area (Å²) in [4.78, 5) is 21.3. The van der Waals surface area contributed by atoms with Crippen molar-refractivity contribution in [1.29, 1.82) is 0 Å². The molecule has 27 heavy (non-hydrogen) atoms. The first kappa shape index (κ1) is 21.2. The zero-order valence-corrected chi connectivity index (χ0v) is 17.3. The van der Waals surface area contributed by atoms with Gasteiger partial charge in [-0.15, -0.1) is 11.8 Å². The Morgan fingerprint density at radius 2 is 2.04 bits per heavy atom. The van der Waals surface area contributed by atoms with E-state index in [1.54, 1.807) is 25.6 Å². The number of carboxylic acid groups (broad SMARTS) is 1. The van der Waals surface area contributed by atoms with E-state index in [-0.39, 0.29) is 0 Å². The fraction of sp³-hybridized carbons (Fsp3) is 0.476. The fourth-order valence-electron chi connectivity index (χ4n) is 2.48. The van der Waals surface area contributed by atoms with Crippen LogP contribution in [0, 0.1) is 6.92 Å². The highest BCUT2D eigenvalue weighted by Gasteiger charge is 2.29. The number of aryl methyl sites for hydroxylation is 2. The van der Waals surface area contributed by atoms with Gasteiger partial charge in [0.1, 0.15) is 11.6 Å². The van der Waals surface area contributed by atoms with Gasteiger partial charge in [-0.25, -0.2) is 14.8 Å². The molecule has 1 heterocycles. The zero-order valence-electron chi connectivity index (χ0n) is 16.5. The molecule has 6 heteroatoms. The van der Waals surface area contributed by atoms with Crippen LogP contribution >= 0.6 is 11.8 Å². The third-order valence-corrected chi connectivity index (χ3v) is 5.21. The van der Waals surface area contributed by atoms with Gasteiger partial charge in [0, 0.05) is 23.3 Å². The van der Waals surface area contributed by atoms with Crippen LogP contribution in [0.25, 0.3) is 0 Å². The fourth-order valence-corrected chi connectivity index (χ4v) is 3.38. The van der Waals surface area contributed by atoms with Crippen LogP contribution in [0.3, 0.4) is 0 Å². The number of aromatic nitrogens is 2. The molecule has 146 valence electrons. The predicted octanol–water partition coefficient (Wildman–Crippen LogP) is 5.05. The number of carboxylic acids is 1. The summed E-state index contributed by atoms with van der Waals surface area (Å²) in [5.41, 5.74) is 0.679. The molecule has 1 aromatic carbocycles. The Hall–Kier alpha value is -2.08. The van der Waals surface area contributed by atoms with E-state index < -0.39 is 11.6 Å². The molecule has 0 radical (unpaired) electrons. The molecular weight excluding hydrogens is 360 g/mol. The third kappa shape index (κ3) is 6.54. The SMILES string of the molecule is CCCCCc1nccc(CSc2ccc(OC(C)(C)C(=O)O)c(C)c2)n1. The third-order valence-electron chi connectivity index (χ3n) is 4.18. The highest BCUT2D eigenvalue weighted by molar-refractivity contribution is 7.98. The molecule has 0 fully saturated rings. The predicted molar refractivity (Wildman–Crippen MR) is 108 cm³/mol. The molecule has 0 aliphatic heterocycles. The maximum absolute atomic E-state index is 11.2. The van der Waals surface area contributed by atoms with Crippen molar-refractivity contribution >= 4 is 17.7 Å². The molecule has 0 spiro atoms. The number of aliphatic carboxylic acids is 1. The Morgan fingerprint density at radius 1 is 1.26 bits per heavy atom. The van der Waals surface area contributed by atoms with Crippen molar-refractivity contribution < 1.29 is 14.6 Å². The molecule has 0 aliphatic rings. The Labute approximate surface area is 165 Å². The summed E-state index contributed by atoms with van der Waals surface area (Å²) in [6.45, 7) is 7.21. The van der Waals surface area contributed by atoms with Crippen LogP contribution < -0.4 is 4.74 Å². The number of rotatable bonds is 10. The quantitative estimate of drug-likeness (QED) is 0.453. The molecule has 2 rings (SSSR count). The van der Waals surface area contributed by atoms with Crippen molar-refractivity contribution in [1.82, 2.24) is 9.97 Å². The number of ether oxygens (including phenoxy) is 1. The monoisotopic (exact) mass is 388 g/mol. The molecule has 5 nitrogen and oxygen atoms in total. The Bertz CT molecular complexity index is 778. The summed E-state index contributed by atoms with van der Waals surface area (Å²) >= 11 is 1.70. The van der Waals surface area contributed by atoms with E-state index in [9.17, 15) is 9.90 Å². The average Bonchev–Trinajstić information content (AvgIpc) is 2.62. The van der Waals surface area contributed by atoms with Gasteiger partial charge < -0.3 is 9.84 Å². The minimum atomic E-state index is -1.26. The number of hydrogen-bond acceptors (Lipinski definition) is 5. The lowest BCUT2D eigenvalue weighted by Gasteiger charge is -2.23. The summed E-state index contributed by atoms with van der Waals surface area (Å²) in [7, 11) is 0. The Balaban J connectivity index is 1.97. The van der Waals surface area contributed by atoms with Crippen LogP contribution in [0.4, 0.5) is 0 Å². The van der Waals surface area contributed by atoms with E-state index in [2.05, 4.69) is 16.9 Å². The van der Waals surface area contributed by atoms with Gasteiger partial charge in [-0.2, -0.15) is 0 Å². The first-order valence-electron chi connectivity index (χ1n) is 9.28. The van der Waals surface area contributed by atoms with Crippen molar-refractivity contribution in [2.24, 2.45) is 0 Å². The van der Waals surface area contributed by atoms with Gasteiger partial charge in [0.15, 0.2) is 5.60 Å². The molecule has 1 aromatic heterocycles. The van der Waals surface area contributed by atoms with E-state index in [1.165, 1.54) is 12.8 Å². The minimum Gasteiger partial charge on any atom is -0.478 e. The second-order valence-corrected chi connectivity index (χ2v) is 8.10. The molecule has 0 saturated heterocycles. The summed E-state index contributed by atoms with van der Waals surface area (Å²) in [5.74, 6) is 1.28. The van der Waals surface area contributed by atoms with Crippen LogP contribution in [-0.2, 0) is 17.0 Å². The summed E-state index contributed by atoms with van der Waals surface area (Å²) in [5, 5.41) is 9.21. The van der Waals surface area contributed by atoms with Crippen molar-refractivity contribution in [3.05, 3.63) is 47.5 Å². The maximum atomic E-state index is 11.2. The smallest absolute Gasteiger partial charge is 0.347 e. The highest BCUT2D eigenvalue weighted by atomic mass is 32.2. The van der Waals surface area contributed by atoms with E-state index in [0.29, 0.717) is 5.75 Å². The molecule has 0 amide bonds. The standard InChI is InChI=1S/C21H28N2O3S/c1-5-6-7-8-19-22-12-11-16(23-19)14-27-17-9-10-18(15(2)13-17)26-21(3,4)20(24)25/h9-13H,5-8,14H2,1-4H3,(H,24,25). The summed E-state index contributed by atoms with van der Waals surface area (Å²) in [6, 6.07) is 7.75. The van der Waals surface area contributed by atoms with Gasteiger partial charge in [-0.1, -0.05) is 19.8 Å². The van der Waals surface area contributed by atoms with Gasteiger partial charge in [-0.3, -0.25) is 0 Å². The van der Waals surface area contributed by atoms with E-state index in [0.717, 1.165) is 40.6 Å². The number of carbonyl (C=O) groups is 1. The Kier molecular flexibility index (Phi) is 7.66. The van der Waals surface area contributed by atoms with Crippen LogP contribution in [0.1, 0.15) is 57.1 Å². The van der Waals surface area contributed by atoms with Gasteiger partial charge >= 0.3 is 5.97 Å². The molecule has 0 aliphatic carbocycles. The first-order chi connectivity index (χ1) is 12.8. The highest BCUT2D eigenvalue weighted by Crippen LogP contribution is 2.29. The second kappa shape index (κ2) is 9.74. The van der Waals surface area contributed by atoms with Crippen molar-refractivity contribution in [3.8, 4) is 5.75 Å². The number of unbranched alkanes of at least 4 members (excludes halogenated alkanes) is 2. The van der Waals surface area contributed by atoms with Gasteiger partial charge in [0.2, 0.25) is 0 Å². The molecular formula is C21H28N2O3S. The number of thioether (sulfide) groups is 1. The van der Waals surface area contributed by atoms with Crippen LogP contribution in [0.2, 0.25) is 0 Å². The van der Waals surface area contributed by atoms with Crippen LogP contribution in [0.5, 0.6) is 5.75 Å². The topological polar surface area (TPSA) is 72.3 Å².